The Labute approximate surface area is 152 Å². The summed E-state index contributed by atoms with van der Waals surface area (Å²) in [5, 5.41) is 2.83. The second-order valence-electron chi connectivity index (χ2n) is 5.72. The van der Waals surface area contributed by atoms with E-state index in [2.05, 4.69) is 15.3 Å². The smallest absolute Gasteiger partial charge is 0.273 e. The quantitative estimate of drug-likeness (QED) is 0.685. The van der Waals surface area contributed by atoms with E-state index in [1.807, 2.05) is 54.6 Å². The van der Waals surface area contributed by atoms with E-state index < -0.39 is 0 Å². The van der Waals surface area contributed by atoms with Gasteiger partial charge in [-0.2, -0.15) is 0 Å². The van der Waals surface area contributed by atoms with Gasteiger partial charge in [0.05, 0.1) is 13.2 Å². The predicted molar refractivity (Wildman–Crippen MR) is 99.0 cm³/mol. The van der Waals surface area contributed by atoms with E-state index >= 15 is 0 Å². The van der Waals surface area contributed by atoms with Crippen molar-refractivity contribution in [3.63, 3.8) is 0 Å². The van der Waals surface area contributed by atoms with Crippen molar-refractivity contribution >= 4 is 11.7 Å². The van der Waals surface area contributed by atoms with Crippen molar-refractivity contribution in [2.45, 2.75) is 19.8 Å². The number of amides is 1. The lowest BCUT2D eigenvalue weighted by atomic mass is 10.1. The Morgan fingerprint density at radius 2 is 1.62 bits per heavy atom. The summed E-state index contributed by atoms with van der Waals surface area (Å²) in [7, 11) is 0. The maximum absolute atomic E-state index is 12.2. The van der Waals surface area contributed by atoms with Gasteiger partial charge in [-0.3, -0.25) is 4.79 Å². The van der Waals surface area contributed by atoms with E-state index in [4.69, 9.17) is 10.5 Å². The van der Waals surface area contributed by atoms with Gasteiger partial charge in [-0.1, -0.05) is 54.6 Å². The highest BCUT2D eigenvalue weighted by atomic mass is 16.5. The maximum atomic E-state index is 12.2. The van der Waals surface area contributed by atoms with Crippen molar-refractivity contribution in [1.29, 1.82) is 0 Å². The Hall–Kier alpha value is -3.25. The van der Waals surface area contributed by atoms with E-state index in [0.717, 1.165) is 16.7 Å². The van der Waals surface area contributed by atoms with Gasteiger partial charge in [0.1, 0.15) is 0 Å². The molecule has 0 spiro atoms. The van der Waals surface area contributed by atoms with Crippen LogP contribution < -0.4 is 11.1 Å². The van der Waals surface area contributed by atoms with Crippen LogP contribution in [0.15, 0.2) is 67.0 Å². The molecule has 0 radical (unpaired) electrons. The number of nitrogens with zero attached hydrogens (tertiary/aromatic N) is 2. The first kappa shape index (κ1) is 17.6. The summed E-state index contributed by atoms with van der Waals surface area (Å²) in [4.78, 5) is 20.1. The molecule has 1 amide bonds. The molecule has 3 rings (SSSR count). The van der Waals surface area contributed by atoms with Gasteiger partial charge in [0.2, 0.25) is 0 Å². The number of aromatic nitrogens is 2. The Morgan fingerprint density at radius 3 is 2.38 bits per heavy atom. The molecule has 0 aliphatic rings. The van der Waals surface area contributed by atoms with Crippen LogP contribution in [0.4, 0.5) is 5.82 Å². The van der Waals surface area contributed by atoms with Crippen LogP contribution in [0.3, 0.4) is 0 Å². The van der Waals surface area contributed by atoms with Gasteiger partial charge >= 0.3 is 0 Å². The highest BCUT2D eigenvalue weighted by Gasteiger charge is 2.12. The van der Waals surface area contributed by atoms with Gasteiger partial charge in [0.25, 0.3) is 5.91 Å². The highest BCUT2D eigenvalue weighted by Crippen LogP contribution is 2.12. The van der Waals surface area contributed by atoms with Gasteiger partial charge in [-0.05, 0) is 16.7 Å². The summed E-state index contributed by atoms with van der Waals surface area (Å²) < 4.78 is 5.80. The van der Waals surface area contributed by atoms with E-state index in [0.29, 0.717) is 19.8 Å². The lowest BCUT2D eigenvalue weighted by Gasteiger charge is -2.11. The fourth-order valence-electron chi connectivity index (χ4n) is 2.51. The number of carbonyl (C=O) groups is 1. The number of benzene rings is 2. The Balaban J connectivity index is 1.58. The average Bonchev–Trinajstić information content (AvgIpc) is 2.68. The topological polar surface area (TPSA) is 90.1 Å². The number of rotatable bonds is 7. The molecule has 1 aromatic heterocycles. The summed E-state index contributed by atoms with van der Waals surface area (Å²) in [6.07, 6.45) is 2.89. The fraction of sp³-hybridized carbons (Fsp3) is 0.150. The number of anilines is 1. The summed E-state index contributed by atoms with van der Waals surface area (Å²) in [5.41, 5.74) is 8.95. The molecular formula is C20H20N4O2. The minimum absolute atomic E-state index is 0.115. The van der Waals surface area contributed by atoms with E-state index in [-0.39, 0.29) is 17.4 Å². The van der Waals surface area contributed by atoms with Crippen molar-refractivity contribution < 1.29 is 9.53 Å². The number of hydrogen-bond donors (Lipinski definition) is 2. The molecule has 3 N–H and O–H groups in total. The van der Waals surface area contributed by atoms with Gasteiger partial charge in [-0.25, -0.2) is 9.97 Å². The SMILES string of the molecule is Nc1nccnc1C(=O)NCc1ccccc1COCc1ccccc1. The zero-order valence-corrected chi connectivity index (χ0v) is 14.3. The third kappa shape index (κ3) is 4.64. The van der Waals surface area contributed by atoms with E-state index in [9.17, 15) is 4.79 Å². The molecule has 0 saturated heterocycles. The van der Waals surface area contributed by atoms with Crippen LogP contribution in [0.5, 0.6) is 0 Å². The lowest BCUT2D eigenvalue weighted by molar-refractivity contribution is 0.0943. The van der Waals surface area contributed by atoms with Gasteiger partial charge in [0, 0.05) is 18.9 Å². The van der Waals surface area contributed by atoms with Crippen molar-refractivity contribution in [2.75, 3.05) is 5.73 Å². The van der Waals surface area contributed by atoms with Crippen LogP contribution in [0.25, 0.3) is 0 Å². The number of nitrogens with two attached hydrogens (primary N) is 1. The number of nitrogen functional groups attached to an aromatic ring is 1. The molecule has 0 saturated carbocycles. The molecule has 1 heterocycles. The number of ether oxygens (including phenoxy) is 1. The third-order valence-electron chi connectivity index (χ3n) is 3.87. The number of carbonyl (C=O) groups excluding carboxylic acids is 1. The van der Waals surface area contributed by atoms with Crippen molar-refractivity contribution in [3.8, 4) is 0 Å². The molecule has 6 nitrogen and oxygen atoms in total. The monoisotopic (exact) mass is 348 g/mol. The molecule has 0 aliphatic carbocycles. The van der Waals surface area contributed by atoms with Crippen LogP contribution in [-0.2, 0) is 24.5 Å². The summed E-state index contributed by atoms with van der Waals surface area (Å²) in [6.45, 7) is 1.37. The zero-order chi connectivity index (χ0) is 18.2. The zero-order valence-electron chi connectivity index (χ0n) is 14.3. The Bertz CT molecular complexity index is 868. The molecule has 0 bridgehead atoms. The molecule has 132 valence electrons. The van der Waals surface area contributed by atoms with Crippen molar-refractivity contribution in [1.82, 2.24) is 15.3 Å². The molecule has 26 heavy (non-hydrogen) atoms. The van der Waals surface area contributed by atoms with Gasteiger partial charge < -0.3 is 15.8 Å². The van der Waals surface area contributed by atoms with Crippen LogP contribution >= 0.6 is 0 Å². The fourth-order valence-corrected chi connectivity index (χ4v) is 2.51. The highest BCUT2D eigenvalue weighted by molar-refractivity contribution is 5.96. The first-order valence-corrected chi connectivity index (χ1v) is 8.27. The molecule has 0 aliphatic heterocycles. The molecule has 2 aromatic carbocycles. The minimum Gasteiger partial charge on any atom is -0.382 e. The third-order valence-corrected chi connectivity index (χ3v) is 3.87. The van der Waals surface area contributed by atoms with Gasteiger partial charge in [0.15, 0.2) is 11.5 Å². The van der Waals surface area contributed by atoms with Gasteiger partial charge in [-0.15, -0.1) is 0 Å². The van der Waals surface area contributed by atoms with Crippen LogP contribution in [0.1, 0.15) is 27.2 Å². The standard InChI is InChI=1S/C20H20N4O2/c21-19-18(22-10-11-23-19)20(25)24-12-16-8-4-5-9-17(16)14-26-13-15-6-2-1-3-7-15/h1-11H,12-14H2,(H2,21,23)(H,24,25). The average molecular weight is 348 g/mol. The molecule has 0 atom stereocenters. The van der Waals surface area contributed by atoms with E-state index in [1.165, 1.54) is 12.4 Å². The van der Waals surface area contributed by atoms with E-state index in [1.54, 1.807) is 0 Å². The van der Waals surface area contributed by atoms with Crippen molar-refractivity contribution in [2.24, 2.45) is 0 Å². The van der Waals surface area contributed by atoms with Crippen LogP contribution in [-0.4, -0.2) is 15.9 Å². The Kier molecular flexibility index (Phi) is 5.90. The molecular weight excluding hydrogens is 328 g/mol. The number of hydrogen-bond acceptors (Lipinski definition) is 5. The second-order valence-corrected chi connectivity index (χ2v) is 5.72. The second kappa shape index (κ2) is 8.73. The lowest BCUT2D eigenvalue weighted by Crippen LogP contribution is -2.25. The first-order valence-electron chi connectivity index (χ1n) is 8.27. The largest absolute Gasteiger partial charge is 0.382 e. The first-order chi connectivity index (χ1) is 12.7. The number of nitrogens with one attached hydrogen (secondary N) is 1. The predicted octanol–water partition coefficient (Wildman–Crippen LogP) is 2.71. The minimum atomic E-state index is -0.351. The molecule has 6 heteroatoms. The van der Waals surface area contributed by atoms with Crippen molar-refractivity contribution in [3.05, 3.63) is 89.4 Å². The molecule has 0 unspecified atom stereocenters. The maximum Gasteiger partial charge on any atom is 0.273 e. The van der Waals surface area contributed by atoms with Crippen LogP contribution in [0.2, 0.25) is 0 Å². The summed E-state index contributed by atoms with van der Waals surface area (Å²) in [6, 6.07) is 17.8. The Morgan fingerprint density at radius 1 is 0.923 bits per heavy atom. The molecule has 0 fully saturated rings. The summed E-state index contributed by atoms with van der Waals surface area (Å²) in [5.74, 6) is -0.236. The van der Waals surface area contributed by atoms with Crippen LogP contribution in [0, 0.1) is 0 Å². The summed E-state index contributed by atoms with van der Waals surface area (Å²) >= 11 is 0. The molecule has 3 aromatic rings. The normalized spacial score (nSPS) is 10.5.